The quantitative estimate of drug-likeness (QED) is 0.679. The molecule has 2 aromatic carbocycles. The van der Waals surface area contributed by atoms with Gasteiger partial charge in [-0.15, -0.1) is 0 Å². The number of anilines is 1. The number of likely N-dealkylation sites (N-methyl/N-ethyl adjacent to an activating group) is 1. The van der Waals surface area contributed by atoms with Crippen LogP contribution >= 0.6 is 0 Å². The van der Waals surface area contributed by atoms with Crippen LogP contribution in [0.15, 0.2) is 59.1 Å². The van der Waals surface area contributed by atoms with Gasteiger partial charge in [0.2, 0.25) is 5.91 Å². The Morgan fingerprint density at radius 2 is 1.77 bits per heavy atom. The molecular weight excluding hydrogens is 332 g/mol. The third-order valence-corrected chi connectivity index (χ3v) is 4.08. The molecule has 6 nitrogen and oxygen atoms in total. The molecule has 0 bridgehead atoms. The average molecular weight is 352 g/mol. The zero-order chi connectivity index (χ0) is 18.5. The number of aromatic nitrogens is 1. The van der Waals surface area contributed by atoms with Gasteiger partial charge in [-0.1, -0.05) is 35.5 Å². The lowest BCUT2D eigenvalue weighted by Gasteiger charge is -2.18. The Hall–Kier alpha value is -3.28. The highest BCUT2D eigenvalue weighted by Crippen LogP contribution is 2.31. The molecule has 0 aliphatic heterocycles. The van der Waals surface area contributed by atoms with E-state index in [4.69, 9.17) is 14.0 Å². The Labute approximate surface area is 151 Å². The van der Waals surface area contributed by atoms with Crippen LogP contribution in [0.1, 0.15) is 5.69 Å². The van der Waals surface area contributed by atoms with E-state index in [2.05, 4.69) is 5.16 Å². The van der Waals surface area contributed by atoms with Crippen LogP contribution in [0.5, 0.6) is 11.5 Å². The van der Waals surface area contributed by atoms with Crippen LogP contribution in [0.4, 0.5) is 5.69 Å². The highest BCUT2D eigenvalue weighted by molar-refractivity contribution is 5.94. The van der Waals surface area contributed by atoms with Crippen molar-refractivity contribution < 1.29 is 18.8 Å². The number of hydrogen-bond donors (Lipinski definition) is 0. The Morgan fingerprint density at radius 1 is 1.04 bits per heavy atom. The zero-order valence-corrected chi connectivity index (χ0v) is 14.9. The number of rotatable bonds is 6. The largest absolute Gasteiger partial charge is 0.493 e. The summed E-state index contributed by atoms with van der Waals surface area (Å²) in [5, 5.41) is 4.00. The number of nitrogens with zero attached hydrogens (tertiary/aromatic N) is 2. The number of amides is 1. The molecule has 134 valence electrons. The van der Waals surface area contributed by atoms with E-state index in [0.717, 1.165) is 5.56 Å². The lowest BCUT2D eigenvalue weighted by molar-refractivity contribution is -0.117. The lowest BCUT2D eigenvalue weighted by Crippen LogP contribution is -2.27. The second-order valence-corrected chi connectivity index (χ2v) is 5.72. The van der Waals surface area contributed by atoms with Gasteiger partial charge in [0.15, 0.2) is 17.3 Å². The van der Waals surface area contributed by atoms with Crippen LogP contribution < -0.4 is 14.4 Å². The molecule has 3 aromatic rings. The summed E-state index contributed by atoms with van der Waals surface area (Å²) in [7, 11) is 4.84. The van der Waals surface area contributed by atoms with Crippen molar-refractivity contribution in [3.8, 4) is 22.8 Å². The molecule has 1 heterocycles. The summed E-state index contributed by atoms with van der Waals surface area (Å²) in [6.07, 6.45) is 0.140. The van der Waals surface area contributed by atoms with Crippen molar-refractivity contribution in [1.29, 1.82) is 0 Å². The van der Waals surface area contributed by atoms with Crippen LogP contribution in [0, 0.1) is 0 Å². The summed E-state index contributed by atoms with van der Waals surface area (Å²) >= 11 is 0. The lowest BCUT2D eigenvalue weighted by atomic mass is 10.1. The number of methoxy groups -OCH3 is 2. The minimum absolute atomic E-state index is 0.106. The Balaban J connectivity index is 1.73. The molecule has 0 fully saturated rings. The molecule has 0 saturated carbocycles. The first-order valence-corrected chi connectivity index (χ1v) is 8.12. The molecule has 0 aliphatic rings. The smallest absolute Gasteiger partial charge is 0.232 e. The summed E-state index contributed by atoms with van der Waals surface area (Å²) in [6.45, 7) is 0. The summed E-state index contributed by atoms with van der Waals surface area (Å²) in [5.74, 6) is 1.71. The highest BCUT2D eigenvalue weighted by atomic mass is 16.5. The van der Waals surface area contributed by atoms with Gasteiger partial charge in [-0.05, 0) is 12.1 Å². The second kappa shape index (κ2) is 7.74. The van der Waals surface area contributed by atoms with E-state index in [1.807, 2.05) is 30.3 Å². The van der Waals surface area contributed by atoms with Crippen molar-refractivity contribution >= 4 is 11.6 Å². The number of carbonyl (C=O) groups is 1. The molecule has 3 rings (SSSR count). The van der Waals surface area contributed by atoms with Gasteiger partial charge in [0.1, 0.15) is 0 Å². The molecule has 0 spiro atoms. The van der Waals surface area contributed by atoms with Crippen molar-refractivity contribution in [2.75, 3.05) is 26.2 Å². The highest BCUT2D eigenvalue weighted by Gasteiger charge is 2.17. The van der Waals surface area contributed by atoms with Crippen LogP contribution in [-0.2, 0) is 11.2 Å². The van der Waals surface area contributed by atoms with Crippen LogP contribution in [-0.4, -0.2) is 32.3 Å². The normalized spacial score (nSPS) is 10.4. The maximum absolute atomic E-state index is 12.6. The second-order valence-electron chi connectivity index (χ2n) is 5.72. The van der Waals surface area contributed by atoms with Crippen LogP contribution in [0.2, 0.25) is 0 Å². The van der Waals surface area contributed by atoms with Gasteiger partial charge in [-0.2, -0.15) is 0 Å². The maximum atomic E-state index is 12.6. The first-order valence-electron chi connectivity index (χ1n) is 8.12. The van der Waals surface area contributed by atoms with Gasteiger partial charge in [0.25, 0.3) is 0 Å². The van der Waals surface area contributed by atoms with Gasteiger partial charge < -0.3 is 18.9 Å². The van der Waals surface area contributed by atoms with Gasteiger partial charge >= 0.3 is 0 Å². The Kier molecular flexibility index (Phi) is 5.22. The predicted octanol–water partition coefficient (Wildman–Crippen LogP) is 3.56. The molecule has 0 aliphatic carbocycles. The van der Waals surface area contributed by atoms with Crippen molar-refractivity contribution in [3.63, 3.8) is 0 Å². The number of benzene rings is 2. The minimum atomic E-state index is -0.106. The molecule has 1 amide bonds. The van der Waals surface area contributed by atoms with Crippen molar-refractivity contribution in [2.24, 2.45) is 0 Å². The Bertz CT molecular complexity index is 890. The third kappa shape index (κ3) is 3.69. The van der Waals surface area contributed by atoms with Gasteiger partial charge in [-0.3, -0.25) is 4.79 Å². The third-order valence-electron chi connectivity index (χ3n) is 4.08. The standard InChI is InChI=1S/C20H20N2O4/c1-22(16-9-10-17(24-2)19(13-16)25-3)20(23)12-15-11-18(26-21-15)14-7-5-4-6-8-14/h4-11,13H,12H2,1-3H3. The van der Waals surface area contributed by atoms with E-state index in [9.17, 15) is 4.79 Å². The van der Waals surface area contributed by atoms with E-state index in [-0.39, 0.29) is 12.3 Å². The average Bonchev–Trinajstić information content (AvgIpc) is 3.16. The van der Waals surface area contributed by atoms with E-state index in [1.54, 1.807) is 50.4 Å². The fourth-order valence-electron chi connectivity index (χ4n) is 2.58. The SMILES string of the molecule is COc1ccc(N(C)C(=O)Cc2cc(-c3ccccc3)on2)cc1OC. The van der Waals surface area contributed by atoms with E-state index in [0.29, 0.717) is 28.6 Å². The van der Waals surface area contributed by atoms with Gasteiger partial charge in [0, 0.05) is 30.4 Å². The number of ether oxygens (including phenoxy) is 2. The van der Waals surface area contributed by atoms with Gasteiger partial charge in [-0.25, -0.2) is 0 Å². The number of hydrogen-bond acceptors (Lipinski definition) is 5. The summed E-state index contributed by atoms with van der Waals surface area (Å²) in [5.41, 5.74) is 2.22. The molecule has 0 radical (unpaired) electrons. The van der Waals surface area contributed by atoms with E-state index >= 15 is 0 Å². The zero-order valence-electron chi connectivity index (χ0n) is 14.9. The maximum Gasteiger partial charge on any atom is 0.232 e. The Morgan fingerprint density at radius 3 is 2.46 bits per heavy atom. The molecule has 26 heavy (non-hydrogen) atoms. The first-order chi connectivity index (χ1) is 12.6. The fourth-order valence-corrected chi connectivity index (χ4v) is 2.58. The molecular formula is C20H20N2O4. The minimum Gasteiger partial charge on any atom is -0.493 e. The molecule has 0 atom stereocenters. The predicted molar refractivity (Wildman–Crippen MR) is 98.6 cm³/mol. The molecule has 0 unspecified atom stereocenters. The van der Waals surface area contributed by atoms with E-state index < -0.39 is 0 Å². The molecule has 6 heteroatoms. The fraction of sp³-hybridized carbons (Fsp3) is 0.200. The van der Waals surface area contributed by atoms with E-state index in [1.165, 1.54) is 0 Å². The van der Waals surface area contributed by atoms with Crippen LogP contribution in [0.3, 0.4) is 0 Å². The molecule has 0 N–H and O–H groups in total. The van der Waals surface area contributed by atoms with Crippen molar-refractivity contribution in [3.05, 3.63) is 60.3 Å². The summed E-state index contributed by atoms with van der Waals surface area (Å²) < 4.78 is 15.9. The summed E-state index contributed by atoms with van der Waals surface area (Å²) in [6, 6.07) is 16.8. The monoisotopic (exact) mass is 352 g/mol. The van der Waals surface area contributed by atoms with Crippen molar-refractivity contribution in [1.82, 2.24) is 5.16 Å². The first kappa shape index (κ1) is 17.5. The summed E-state index contributed by atoms with van der Waals surface area (Å²) in [4.78, 5) is 14.1. The topological polar surface area (TPSA) is 64.8 Å². The van der Waals surface area contributed by atoms with Crippen molar-refractivity contribution in [2.45, 2.75) is 6.42 Å². The van der Waals surface area contributed by atoms with Gasteiger partial charge in [0.05, 0.1) is 26.3 Å². The number of carbonyl (C=O) groups excluding carboxylic acids is 1. The molecule has 0 saturated heterocycles. The molecule has 1 aromatic heterocycles. The van der Waals surface area contributed by atoms with Crippen LogP contribution in [0.25, 0.3) is 11.3 Å².